The first-order valence-corrected chi connectivity index (χ1v) is 4.92. The Morgan fingerprint density at radius 3 is 2.81 bits per heavy atom. The Morgan fingerprint density at radius 2 is 2.19 bits per heavy atom. The van der Waals surface area contributed by atoms with Crippen molar-refractivity contribution >= 4 is 5.78 Å². The summed E-state index contributed by atoms with van der Waals surface area (Å²) in [6, 6.07) is 2.71. The second-order valence-corrected chi connectivity index (χ2v) is 3.59. The van der Waals surface area contributed by atoms with Crippen molar-refractivity contribution in [3.63, 3.8) is 0 Å². The molecule has 0 atom stereocenters. The van der Waals surface area contributed by atoms with Gasteiger partial charge in [-0.3, -0.25) is 4.79 Å². The van der Waals surface area contributed by atoms with Gasteiger partial charge < -0.3 is 9.84 Å². The molecule has 0 fully saturated rings. The first-order valence-electron chi connectivity index (χ1n) is 4.92. The van der Waals surface area contributed by atoms with Gasteiger partial charge in [0.2, 0.25) is 0 Å². The molecule has 3 nitrogen and oxygen atoms in total. The number of benzene rings is 1. The highest BCUT2D eigenvalue weighted by Gasteiger charge is 2.27. The number of Topliss-reactive ketones (excluding diaryl/α,β-unsaturated/α-hetero) is 1. The summed E-state index contributed by atoms with van der Waals surface area (Å²) in [5.41, 5.74) is 0.837. The van der Waals surface area contributed by atoms with Gasteiger partial charge in [-0.2, -0.15) is 0 Å². The van der Waals surface area contributed by atoms with Gasteiger partial charge in [0, 0.05) is 11.1 Å². The third kappa shape index (κ3) is 1.46. The monoisotopic (exact) mass is 222 g/mol. The van der Waals surface area contributed by atoms with Crippen LogP contribution in [0.5, 0.6) is 5.75 Å². The number of carbonyl (C=O) groups excluding carboxylic acids is 1. The number of hydrogen-bond acceptors (Lipinski definition) is 3. The maximum absolute atomic E-state index is 13.6. The smallest absolute Gasteiger partial charge is 0.195 e. The maximum atomic E-state index is 13.6. The number of ether oxygens (including phenoxy) is 1. The summed E-state index contributed by atoms with van der Waals surface area (Å²) in [6.07, 6.45) is 1.65. The van der Waals surface area contributed by atoms with Crippen molar-refractivity contribution in [1.82, 2.24) is 0 Å². The summed E-state index contributed by atoms with van der Waals surface area (Å²) in [5.74, 6) is -0.512. The highest BCUT2D eigenvalue weighted by Crippen LogP contribution is 2.33. The zero-order valence-corrected chi connectivity index (χ0v) is 8.79. The van der Waals surface area contributed by atoms with E-state index in [9.17, 15) is 9.18 Å². The van der Waals surface area contributed by atoms with Gasteiger partial charge in [-0.15, -0.1) is 0 Å². The summed E-state index contributed by atoms with van der Waals surface area (Å²) in [7, 11) is 1.48. The van der Waals surface area contributed by atoms with Gasteiger partial charge in [0.1, 0.15) is 11.6 Å². The fraction of sp³-hybridized carbons (Fsp3) is 0.250. The molecular formula is C12H11FO3. The molecule has 0 heterocycles. The molecule has 0 bridgehead atoms. The average molecular weight is 222 g/mol. The molecular weight excluding hydrogens is 211 g/mol. The minimum atomic E-state index is -0.570. The number of carbonyl (C=O) groups is 1. The molecule has 0 spiro atoms. The molecule has 2 rings (SSSR count). The Bertz CT molecular complexity index is 477. The zero-order valence-electron chi connectivity index (χ0n) is 8.79. The highest BCUT2D eigenvalue weighted by molar-refractivity contribution is 6.11. The van der Waals surface area contributed by atoms with E-state index >= 15 is 0 Å². The van der Waals surface area contributed by atoms with Crippen molar-refractivity contribution in [2.24, 2.45) is 0 Å². The molecule has 0 unspecified atom stereocenters. The number of methoxy groups -OCH3 is 1. The van der Waals surface area contributed by atoms with Gasteiger partial charge in [-0.1, -0.05) is 0 Å². The Kier molecular flexibility index (Phi) is 2.64. The summed E-state index contributed by atoms with van der Waals surface area (Å²) in [6.45, 7) is 0. The van der Waals surface area contributed by atoms with Crippen LogP contribution in [0, 0.1) is 5.82 Å². The van der Waals surface area contributed by atoms with Crippen LogP contribution in [-0.2, 0) is 6.42 Å². The van der Waals surface area contributed by atoms with Crippen molar-refractivity contribution in [3.05, 3.63) is 40.9 Å². The number of allylic oxidation sites excluding steroid dienone is 1. The number of rotatable bonds is 1. The Hall–Kier alpha value is -1.84. The van der Waals surface area contributed by atoms with Crippen LogP contribution in [0.15, 0.2) is 24.0 Å². The number of hydrogen-bond donors (Lipinski definition) is 1. The predicted octanol–water partition coefficient (Wildman–Crippen LogP) is 2.41. The average Bonchev–Trinajstić information content (AvgIpc) is 2.30. The third-order valence-corrected chi connectivity index (χ3v) is 2.76. The second-order valence-electron chi connectivity index (χ2n) is 3.59. The van der Waals surface area contributed by atoms with E-state index in [1.165, 1.54) is 19.2 Å². The van der Waals surface area contributed by atoms with E-state index in [4.69, 9.17) is 9.84 Å². The maximum Gasteiger partial charge on any atom is 0.195 e. The van der Waals surface area contributed by atoms with Crippen molar-refractivity contribution in [3.8, 4) is 5.75 Å². The molecule has 4 heteroatoms. The van der Waals surface area contributed by atoms with Crippen LogP contribution in [0.25, 0.3) is 0 Å². The van der Waals surface area contributed by atoms with Crippen molar-refractivity contribution in [2.45, 2.75) is 12.8 Å². The minimum absolute atomic E-state index is 0.0194. The van der Waals surface area contributed by atoms with E-state index < -0.39 is 11.6 Å². The largest absolute Gasteiger partial charge is 0.515 e. The van der Waals surface area contributed by atoms with E-state index in [1.807, 2.05) is 0 Å². The lowest BCUT2D eigenvalue weighted by molar-refractivity contribution is 0.101. The summed E-state index contributed by atoms with van der Waals surface area (Å²) < 4.78 is 18.6. The van der Waals surface area contributed by atoms with E-state index in [0.717, 1.165) is 6.26 Å². The molecule has 1 aliphatic rings. The van der Waals surface area contributed by atoms with E-state index in [0.29, 0.717) is 24.2 Å². The van der Waals surface area contributed by atoms with E-state index in [-0.39, 0.29) is 11.1 Å². The summed E-state index contributed by atoms with van der Waals surface area (Å²) >= 11 is 0. The zero-order chi connectivity index (χ0) is 11.7. The SMILES string of the molecule is COc1ccc(F)c2c1CCC(=CO)C2=O. The lowest BCUT2D eigenvalue weighted by Gasteiger charge is -2.19. The molecule has 0 saturated carbocycles. The van der Waals surface area contributed by atoms with Crippen LogP contribution < -0.4 is 4.74 Å². The van der Waals surface area contributed by atoms with Crippen LogP contribution in [0.4, 0.5) is 4.39 Å². The fourth-order valence-electron chi connectivity index (χ4n) is 1.94. The summed E-state index contributed by atoms with van der Waals surface area (Å²) in [5, 5.41) is 8.87. The lowest BCUT2D eigenvalue weighted by Crippen LogP contribution is -2.17. The van der Waals surface area contributed by atoms with Crippen LogP contribution in [0.2, 0.25) is 0 Å². The molecule has 0 saturated heterocycles. The molecule has 84 valence electrons. The predicted molar refractivity (Wildman–Crippen MR) is 56.3 cm³/mol. The quantitative estimate of drug-likeness (QED) is 0.586. The van der Waals surface area contributed by atoms with Crippen molar-refractivity contribution < 1.29 is 19.0 Å². The Morgan fingerprint density at radius 1 is 1.44 bits per heavy atom. The molecule has 1 aromatic carbocycles. The molecule has 1 aromatic rings. The topological polar surface area (TPSA) is 46.5 Å². The number of aliphatic hydroxyl groups is 1. The van der Waals surface area contributed by atoms with Gasteiger partial charge in [0.05, 0.1) is 18.9 Å². The Balaban J connectivity index is 2.63. The van der Waals surface area contributed by atoms with Gasteiger partial charge in [-0.25, -0.2) is 4.39 Å². The van der Waals surface area contributed by atoms with Gasteiger partial charge in [0.15, 0.2) is 5.78 Å². The normalized spacial score (nSPS) is 17.4. The number of ketones is 1. The van der Waals surface area contributed by atoms with E-state index in [1.54, 1.807) is 0 Å². The van der Waals surface area contributed by atoms with Crippen LogP contribution >= 0.6 is 0 Å². The van der Waals surface area contributed by atoms with Crippen LogP contribution in [0.3, 0.4) is 0 Å². The summed E-state index contributed by atoms with van der Waals surface area (Å²) in [4.78, 5) is 11.8. The molecule has 0 radical (unpaired) electrons. The lowest BCUT2D eigenvalue weighted by atomic mass is 9.86. The van der Waals surface area contributed by atoms with Gasteiger partial charge in [0.25, 0.3) is 0 Å². The molecule has 0 amide bonds. The standard InChI is InChI=1S/C12H11FO3/c1-16-10-5-4-9(13)11-8(10)3-2-7(6-14)12(11)15/h4-6,14H,2-3H2,1H3. The van der Waals surface area contributed by atoms with Crippen molar-refractivity contribution in [1.29, 1.82) is 0 Å². The van der Waals surface area contributed by atoms with Crippen molar-refractivity contribution in [2.75, 3.05) is 7.11 Å². The molecule has 1 N–H and O–H groups in total. The molecule has 0 aromatic heterocycles. The first-order chi connectivity index (χ1) is 7.69. The van der Waals surface area contributed by atoms with Gasteiger partial charge in [-0.05, 0) is 25.0 Å². The number of fused-ring (bicyclic) bond motifs is 1. The number of halogens is 1. The highest BCUT2D eigenvalue weighted by atomic mass is 19.1. The molecule has 1 aliphatic carbocycles. The minimum Gasteiger partial charge on any atom is -0.515 e. The third-order valence-electron chi connectivity index (χ3n) is 2.76. The van der Waals surface area contributed by atoms with Gasteiger partial charge >= 0.3 is 0 Å². The molecule has 0 aliphatic heterocycles. The van der Waals surface area contributed by atoms with Crippen LogP contribution in [-0.4, -0.2) is 18.0 Å². The molecule has 16 heavy (non-hydrogen) atoms. The number of aliphatic hydroxyl groups excluding tert-OH is 1. The first kappa shape index (κ1) is 10.7. The Labute approximate surface area is 92.2 Å². The fourth-order valence-corrected chi connectivity index (χ4v) is 1.94. The van der Waals surface area contributed by atoms with E-state index in [2.05, 4.69) is 0 Å². The van der Waals surface area contributed by atoms with Crippen LogP contribution in [0.1, 0.15) is 22.3 Å². The second kappa shape index (κ2) is 3.96.